The van der Waals surface area contributed by atoms with Gasteiger partial charge in [-0.3, -0.25) is 4.79 Å². The van der Waals surface area contributed by atoms with Crippen molar-refractivity contribution in [2.75, 3.05) is 13.7 Å². The van der Waals surface area contributed by atoms with Crippen molar-refractivity contribution in [2.24, 2.45) is 0 Å². The third-order valence-electron chi connectivity index (χ3n) is 2.40. The first-order chi connectivity index (χ1) is 8.11. The molecule has 1 N–H and O–H groups in total. The predicted molar refractivity (Wildman–Crippen MR) is 69.1 cm³/mol. The molecule has 0 aliphatic rings. The molecule has 1 aromatic rings. The van der Waals surface area contributed by atoms with Crippen LogP contribution in [-0.4, -0.2) is 19.4 Å². The Morgan fingerprint density at radius 2 is 1.94 bits per heavy atom. The van der Waals surface area contributed by atoms with Crippen molar-refractivity contribution in [1.82, 2.24) is 5.32 Å². The van der Waals surface area contributed by atoms with Crippen molar-refractivity contribution in [3.63, 3.8) is 0 Å². The monoisotopic (exact) mass is 233 g/mol. The topological polar surface area (TPSA) is 38.3 Å². The van der Waals surface area contributed by atoms with Crippen LogP contribution >= 0.6 is 0 Å². The van der Waals surface area contributed by atoms with Crippen molar-refractivity contribution in [3.05, 3.63) is 41.6 Å². The highest BCUT2D eigenvalue weighted by Gasteiger charge is 1.95. The van der Waals surface area contributed by atoms with Gasteiger partial charge in [0.05, 0.1) is 7.11 Å². The van der Waals surface area contributed by atoms with Crippen LogP contribution in [0, 0.1) is 0 Å². The van der Waals surface area contributed by atoms with E-state index in [9.17, 15) is 4.79 Å². The number of nitrogens with one attached hydrogen (secondary N) is 1. The zero-order valence-electron chi connectivity index (χ0n) is 10.6. The van der Waals surface area contributed by atoms with Gasteiger partial charge in [0.2, 0.25) is 0 Å². The lowest BCUT2D eigenvalue weighted by Crippen LogP contribution is -2.15. The molecule has 0 aliphatic carbocycles. The van der Waals surface area contributed by atoms with Gasteiger partial charge in [-0.05, 0) is 44.0 Å². The van der Waals surface area contributed by atoms with Crippen LogP contribution in [0.15, 0.2) is 36.0 Å². The Morgan fingerprint density at radius 1 is 1.29 bits per heavy atom. The first-order valence-electron chi connectivity index (χ1n) is 5.67. The maximum atomic E-state index is 10.8. The summed E-state index contributed by atoms with van der Waals surface area (Å²) in [5.41, 5.74) is 2.15. The molecule has 3 heteroatoms. The molecule has 1 aromatic carbocycles. The van der Waals surface area contributed by atoms with Crippen LogP contribution in [0.5, 0.6) is 5.75 Å². The number of carbonyl (C=O) groups excluding carboxylic acids is 1. The van der Waals surface area contributed by atoms with Crippen LogP contribution in [0.4, 0.5) is 0 Å². The quantitative estimate of drug-likeness (QED) is 0.766. The van der Waals surface area contributed by atoms with Gasteiger partial charge in [-0.2, -0.15) is 0 Å². The summed E-state index contributed by atoms with van der Waals surface area (Å²) < 4.78 is 5.09. The van der Waals surface area contributed by atoms with Gasteiger partial charge in [0.25, 0.3) is 0 Å². The molecule has 0 bridgehead atoms. The molecular formula is C14H19NO2. The highest BCUT2D eigenvalue weighted by Crippen LogP contribution is 2.11. The van der Waals surface area contributed by atoms with Crippen LogP contribution in [0.3, 0.4) is 0 Å². The van der Waals surface area contributed by atoms with E-state index in [0.29, 0.717) is 0 Å². The Morgan fingerprint density at radius 3 is 2.47 bits per heavy atom. The van der Waals surface area contributed by atoms with E-state index < -0.39 is 0 Å². The molecule has 0 radical (unpaired) electrons. The van der Waals surface area contributed by atoms with Crippen molar-refractivity contribution in [1.29, 1.82) is 0 Å². The van der Waals surface area contributed by atoms with E-state index in [4.69, 9.17) is 4.74 Å². The molecule has 0 heterocycles. The number of methoxy groups -OCH3 is 1. The highest BCUT2D eigenvalue weighted by atomic mass is 16.5. The lowest BCUT2D eigenvalue weighted by atomic mass is 10.1. The van der Waals surface area contributed by atoms with E-state index in [1.165, 1.54) is 5.56 Å². The number of allylic oxidation sites excluding steroid dienone is 2. The number of hydrogen-bond acceptors (Lipinski definition) is 3. The molecule has 0 saturated carbocycles. The first-order valence-corrected chi connectivity index (χ1v) is 5.67. The van der Waals surface area contributed by atoms with E-state index in [0.717, 1.165) is 24.4 Å². The van der Waals surface area contributed by atoms with Crippen LogP contribution in [-0.2, 0) is 11.2 Å². The molecule has 0 atom stereocenters. The zero-order valence-corrected chi connectivity index (χ0v) is 10.6. The summed E-state index contributed by atoms with van der Waals surface area (Å²) in [4.78, 5) is 10.8. The molecule has 0 aromatic heterocycles. The van der Waals surface area contributed by atoms with Gasteiger partial charge in [-0.25, -0.2) is 0 Å². The minimum Gasteiger partial charge on any atom is -0.497 e. The smallest absolute Gasteiger partial charge is 0.154 e. The fraction of sp³-hybridized carbons (Fsp3) is 0.357. The summed E-state index contributed by atoms with van der Waals surface area (Å²) in [5, 5.41) is 3.20. The van der Waals surface area contributed by atoms with E-state index in [2.05, 4.69) is 5.32 Å². The van der Waals surface area contributed by atoms with Crippen LogP contribution < -0.4 is 10.1 Å². The lowest BCUT2D eigenvalue weighted by Gasteiger charge is -2.06. The minimum atomic E-state index is 0.0689. The van der Waals surface area contributed by atoms with Crippen molar-refractivity contribution in [2.45, 2.75) is 20.3 Å². The summed E-state index contributed by atoms with van der Waals surface area (Å²) in [6.07, 6.45) is 2.53. The fourth-order valence-corrected chi connectivity index (χ4v) is 1.55. The maximum absolute atomic E-state index is 10.8. The average Bonchev–Trinajstić information content (AvgIpc) is 2.29. The summed E-state index contributed by atoms with van der Waals surface area (Å²) >= 11 is 0. The second-order valence-corrected chi connectivity index (χ2v) is 3.96. The standard InChI is InChI=1S/C14H19NO2/c1-11(10-12(2)16)15-9-8-13-4-6-14(17-3)7-5-13/h4-7,10,15H,8-9H2,1-3H3. The fourth-order valence-electron chi connectivity index (χ4n) is 1.55. The van der Waals surface area contributed by atoms with Gasteiger partial charge < -0.3 is 10.1 Å². The Labute approximate surface area is 102 Å². The highest BCUT2D eigenvalue weighted by molar-refractivity contribution is 5.87. The normalized spacial score (nSPS) is 11.1. The third-order valence-corrected chi connectivity index (χ3v) is 2.40. The molecule has 0 amide bonds. The molecule has 1 rings (SSSR count). The molecule has 3 nitrogen and oxygen atoms in total. The van der Waals surface area contributed by atoms with Gasteiger partial charge in [0, 0.05) is 12.2 Å². The summed E-state index contributed by atoms with van der Waals surface area (Å²) in [7, 11) is 1.66. The third kappa shape index (κ3) is 5.20. The average molecular weight is 233 g/mol. The molecule has 0 saturated heterocycles. The van der Waals surface area contributed by atoms with Crippen molar-refractivity contribution >= 4 is 5.78 Å². The number of rotatable bonds is 6. The first kappa shape index (κ1) is 13.3. The predicted octanol–water partition coefficient (Wildman–Crippen LogP) is 2.32. The van der Waals surface area contributed by atoms with Crippen LogP contribution in [0.1, 0.15) is 19.4 Å². The van der Waals surface area contributed by atoms with Gasteiger partial charge in [0.15, 0.2) is 5.78 Å². The SMILES string of the molecule is COc1ccc(CCNC(C)=CC(C)=O)cc1. The molecule has 17 heavy (non-hydrogen) atoms. The Bertz CT molecular complexity index is 393. The lowest BCUT2D eigenvalue weighted by molar-refractivity contribution is -0.112. The van der Waals surface area contributed by atoms with E-state index >= 15 is 0 Å². The molecule has 0 aliphatic heterocycles. The second-order valence-electron chi connectivity index (χ2n) is 3.96. The Balaban J connectivity index is 2.38. The largest absolute Gasteiger partial charge is 0.497 e. The minimum absolute atomic E-state index is 0.0689. The molecule has 0 fully saturated rings. The summed E-state index contributed by atoms with van der Waals surface area (Å²) in [6.45, 7) is 4.27. The second kappa shape index (κ2) is 6.74. The van der Waals surface area contributed by atoms with Gasteiger partial charge in [-0.15, -0.1) is 0 Å². The molecule has 0 spiro atoms. The number of carbonyl (C=O) groups is 1. The van der Waals surface area contributed by atoms with Crippen LogP contribution in [0.2, 0.25) is 0 Å². The van der Waals surface area contributed by atoms with Gasteiger partial charge >= 0.3 is 0 Å². The zero-order chi connectivity index (χ0) is 12.7. The molecule has 92 valence electrons. The Hall–Kier alpha value is -1.77. The number of ether oxygens (including phenoxy) is 1. The number of ketones is 1. The van der Waals surface area contributed by atoms with Crippen molar-refractivity contribution < 1.29 is 9.53 Å². The summed E-state index contributed by atoms with van der Waals surface area (Å²) in [5.74, 6) is 0.939. The van der Waals surface area contributed by atoms with Crippen LogP contribution in [0.25, 0.3) is 0 Å². The maximum Gasteiger partial charge on any atom is 0.154 e. The number of hydrogen-bond donors (Lipinski definition) is 1. The van der Waals surface area contributed by atoms with E-state index in [-0.39, 0.29) is 5.78 Å². The number of benzene rings is 1. The molecule has 0 unspecified atom stereocenters. The van der Waals surface area contributed by atoms with E-state index in [1.54, 1.807) is 20.1 Å². The Kier molecular flexibility index (Phi) is 5.27. The molecular weight excluding hydrogens is 214 g/mol. The van der Waals surface area contributed by atoms with Gasteiger partial charge in [-0.1, -0.05) is 12.1 Å². The van der Waals surface area contributed by atoms with Crippen molar-refractivity contribution in [3.8, 4) is 5.75 Å². The van der Waals surface area contributed by atoms with E-state index in [1.807, 2.05) is 31.2 Å². The summed E-state index contributed by atoms with van der Waals surface area (Å²) in [6, 6.07) is 8.00. The van der Waals surface area contributed by atoms with Gasteiger partial charge in [0.1, 0.15) is 5.75 Å².